The molecule has 7 nitrogen and oxygen atoms in total. The number of rotatable bonds is 6. The minimum Gasteiger partial charge on any atom is -0.480 e. The smallest absolute Gasteiger partial charge is 0.321 e. The number of carboxylic acid groups (broad SMARTS) is 1. The average Bonchev–Trinajstić information content (AvgIpc) is 1.97. The molecule has 7 heteroatoms. The highest BCUT2D eigenvalue weighted by molar-refractivity contribution is 5.83. The summed E-state index contributed by atoms with van der Waals surface area (Å²) in [5, 5.41) is 20.3. The number of aliphatic carboxylic acids is 1. The number of carbonyl (C=O) groups excluding carboxylic acids is 1. The average molecular weight is 234 g/mol. The summed E-state index contributed by atoms with van der Waals surface area (Å²) in [5.41, 5.74) is 4.23. The molecule has 0 aliphatic carbocycles. The Labute approximate surface area is 93.6 Å². The van der Waals surface area contributed by atoms with Gasteiger partial charge in [0.1, 0.15) is 6.04 Å². The second kappa shape index (κ2) is 5.78. The molecule has 0 rings (SSSR count). The molecule has 0 aromatic heterocycles. The second-order valence-electron chi connectivity index (χ2n) is 4.31. The molecule has 0 spiro atoms. The first-order valence-electron chi connectivity index (χ1n) is 4.75. The SMILES string of the molecule is CC(C)(C)OC(O)NC(CC(N)=O)C(=O)O. The Bertz CT molecular complexity index is 261. The number of hydrogen-bond donors (Lipinski definition) is 4. The number of amides is 1. The Morgan fingerprint density at radius 1 is 1.44 bits per heavy atom. The fourth-order valence-corrected chi connectivity index (χ4v) is 0.960. The third-order valence-corrected chi connectivity index (χ3v) is 1.51. The molecule has 0 aliphatic heterocycles. The maximum atomic E-state index is 10.7. The predicted octanol–water partition coefficient (Wildman–Crippen LogP) is -1.00. The standard InChI is InChI=1S/C9H18N2O5/c1-9(2,3)16-8(15)11-5(7(13)14)4-6(10)12/h5,8,11,15H,4H2,1-3H3,(H2,10,12)(H,13,14). The minimum absolute atomic E-state index is 0.417. The Balaban J connectivity index is 4.29. The molecule has 0 aromatic rings. The maximum Gasteiger partial charge on any atom is 0.321 e. The van der Waals surface area contributed by atoms with Crippen LogP contribution in [0.5, 0.6) is 0 Å². The van der Waals surface area contributed by atoms with Crippen molar-refractivity contribution in [1.29, 1.82) is 0 Å². The van der Waals surface area contributed by atoms with Crippen LogP contribution in [0.1, 0.15) is 27.2 Å². The molecule has 0 aliphatic rings. The summed E-state index contributed by atoms with van der Waals surface area (Å²) >= 11 is 0. The van der Waals surface area contributed by atoms with Crippen molar-refractivity contribution in [3.63, 3.8) is 0 Å². The lowest BCUT2D eigenvalue weighted by Gasteiger charge is -2.26. The fraction of sp³-hybridized carbons (Fsp3) is 0.778. The van der Waals surface area contributed by atoms with Crippen molar-refractivity contribution in [3.8, 4) is 0 Å². The first-order valence-corrected chi connectivity index (χ1v) is 4.75. The summed E-state index contributed by atoms with van der Waals surface area (Å²) in [6, 6.07) is -1.27. The Hall–Kier alpha value is -1.18. The molecule has 2 unspecified atom stereocenters. The Kier molecular flexibility index (Phi) is 5.36. The molecule has 0 radical (unpaired) electrons. The lowest BCUT2D eigenvalue weighted by atomic mass is 10.2. The first-order chi connectivity index (χ1) is 7.11. The van der Waals surface area contributed by atoms with Gasteiger partial charge in [-0.2, -0.15) is 0 Å². The highest BCUT2D eigenvalue weighted by Gasteiger charge is 2.25. The number of carboxylic acids is 1. The van der Waals surface area contributed by atoms with E-state index in [2.05, 4.69) is 5.32 Å². The number of nitrogens with one attached hydrogen (secondary N) is 1. The van der Waals surface area contributed by atoms with Crippen LogP contribution in [0.4, 0.5) is 0 Å². The second-order valence-corrected chi connectivity index (χ2v) is 4.31. The van der Waals surface area contributed by atoms with Crippen LogP contribution in [0.2, 0.25) is 0 Å². The Morgan fingerprint density at radius 2 is 1.94 bits per heavy atom. The van der Waals surface area contributed by atoms with E-state index < -0.39 is 36.4 Å². The van der Waals surface area contributed by atoms with E-state index in [1.807, 2.05) is 0 Å². The zero-order valence-electron chi connectivity index (χ0n) is 9.56. The summed E-state index contributed by atoms with van der Waals surface area (Å²) in [4.78, 5) is 21.3. The summed E-state index contributed by atoms with van der Waals surface area (Å²) in [5.74, 6) is -2.06. The lowest BCUT2D eigenvalue weighted by molar-refractivity contribution is -0.189. The third-order valence-electron chi connectivity index (χ3n) is 1.51. The molecule has 1 amide bonds. The van der Waals surface area contributed by atoms with E-state index in [1.165, 1.54) is 0 Å². The van der Waals surface area contributed by atoms with Crippen LogP contribution in [0.25, 0.3) is 0 Å². The van der Waals surface area contributed by atoms with Crippen molar-refractivity contribution in [1.82, 2.24) is 5.32 Å². The zero-order chi connectivity index (χ0) is 12.9. The molecule has 2 atom stereocenters. The number of hydrogen-bond acceptors (Lipinski definition) is 5. The number of aliphatic hydroxyl groups excluding tert-OH is 1. The molecule has 0 saturated carbocycles. The number of carbonyl (C=O) groups is 2. The lowest BCUT2D eigenvalue weighted by Crippen LogP contribution is -2.48. The predicted molar refractivity (Wildman–Crippen MR) is 55.2 cm³/mol. The largest absolute Gasteiger partial charge is 0.480 e. The minimum atomic E-state index is -1.47. The van der Waals surface area contributed by atoms with Gasteiger partial charge in [0.2, 0.25) is 12.3 Å². The molecular formula is C9H18N2O5. The van der Waals surface area contributed by atoms with E-state index in [0.29, 0.717) is 0 Å². The number of aliphatic hydroxyl groups is 1. The van der Waals surface area contributed by atoms with E-state index >= 15 is 0 Å². The molecule has 16 heavy (non-hydrogen) atoms. The molecule has 0 bridgehead atoms. The van der Waals surface area contributed by atoms with Crippen molar-refractivity contribution >= 4 is 11.9 Å². The van der Waals surface area contributed by atoms with Crippen LogP contribution in [-0.2, 0) is 14.3 Å². The van der Waals surface area contributed by atoms with Crippen molar-refractivity contribution in [2.75, 3.05) is 0 Å². The van der Waals surface area contributed by atoms with Crippen molar-refractivity contribution < 1.29 is 24.5 Å². The maximum absolute atomic E-state index is 10.7. The number of primary amides is 1. The number of nitrogens with two attached hydrogens (primary N) is 1. The molecular weight excluding hydrogens is 216 g/mol. The van der Waals surface area contributed by atoms with Gasteiger partial charge >= 0.3 is 5.97 Å². The molecule has 0 fully saturated rings. The van der Waals surface area contributed by atoms with E-state index in [4.69, 9.17) is 15.6 Å². The summed E-state index contributed by atoms with van der Waals surface area (Å²) in [6.45, 7) is 5.09. The van der Waals surface area contributed by atoms with Crippen LogP contribution < -0.4 is 11.1 Å². The molecule has 0 aromatic carbocycles. The van der Waals surface area contributed by atoms with E-state index in [0.717, 1.165) is 0 Å². The van der Waals surface area contributed by atoms with Crippen LogP contribution in [-0.4, -0.2) is 40.1 Å². The van der Waals surface area contributed by atoms with Gasteiger partial charge in [0.25, 0.3) is 0 Å². The van der Waals surface area contributed by atoms with Gasteiger partial charge < -0.3 is 20.7 Å². The van der Waals surface area contributed by atoms with Crippen LogP contribution in [0, 0.1) is 0 Å². The third kappa shape index (κ3) is 7.16. The molecule has 0 saturated heterocycles. The van der Waals surface area contributed by atoms with Crippen molar-refractivity contribution in [3.05, 3.63) is 0 Å². The monoisotopic (exact) mass is 234 g/mol. The van der Waals surface area contributed by atoms with Gasteiger partial charge in [-0.05, 0) is 20.8 Å². The molecule has 94 valence electrons. The highest BCUT2D eigenvalue weighted by atomic mass is 16.6. The van der Waals surface area contributed by atoms with Crippen LogP contribution in [0.3, 0.4) is 0 Å². The summed E-state index contributed by atoms with van der Waals surface area (Å²) in [7, 11) is 0. The Morgan fingerprint density at radius 3 is 2.25 bits per heavy atom. The van der Waals surface area contributed by atoms with Gasteiger partial charge in [0, 0.05) is 0 Å². The van der Waals surface area contributed by atoms with Gasteiger partial charge in [-0.3, -0.25) is 14.9 Å². The van der Waals surface area contributed by atoms with Gasteiger partial charge in [0.05, 0.1) is 12.0 Å². The van der Waals surface area contributed by atoms with Crippen molar-refractivity contribution in [2.24, 2.45) is 5.73 Å². The molecule has 0 heterocycles. The van der Waals surface area contributed by atoms with Crippen LogP contribution in [0.15, 0.2) is 0 Å². The first kappa shape index (κ1) is 14.8. The van der Waals surface area contributed by atoms with E-state index in [-0.39, 0.29) is 0 Å². The quantitative estimate of drug-likeness (QED) is 0.437. The topological polar surface area (TPSA) is 122 Å². The van der Waals surface area contributed by atoms with Gasteiger partial charge in [-0.1, -0.05) is 0 Å². The van der Waals surface area contributed by atoms with Gasteiger partial charge in [0.15, 0.2) is 0 Å². The normalized spacial score (nSPS) is 15.5. The van der Waals surface area contributed by atoms with Crippen molar-refractivity contribution in [2.45, 2.75) is 45.2 Å². The fourth-order valence-electron chi connectivity index (χ4n) is 0.960. The van der Waals surface area contributed by atoms with E-state index in [1.54, 1.807) is 20.8 Å². The van der Waals surface area contributed by atoms with Crippen LogP contribution >= 0.6 is 0 Å². The zero-order valence-corrected chi connectivity index (χ0v) is 9.56. The van der Waals surface area contributed by atoms with E-state index in [9.17, 15) is 14.7 Å². The van der Waals surface area contributed by atoms with Gasteiger partial charge in [-0.25, -0.2) is 0 Å². The summed E-state index contributed by atoms with van der Waals surface area (Å²) in [6.07, 6.45) is -1.89. The summed E-state index contributed by atoms with van der Waals surface area (Å²) < 4.78 is 5.03. The number of ether oxygens (including phenoxy) is 1. The van der Waals surface area contributed by atoms with Gasteiger partial charge in [-0.15, -0.1) is 0 Å². The molecule has 5 N–H and O–H groups in total. The highest BCUT2D eigenvalue weighted by Crippen LogP contribution is 2.08.